The monoisotopic (exact) mass is 381 g/mol. The van der Waals surface area contributed by atoms with Crippen molar-refractivity contribution in [2.45, 2.75) is 6.54 Å². The lowest BCUT2D eigenvalue weighted by molar-refractivity contribution is 0.102. The van der Waals surface area contributed by atoms with E-state index in [2.05, 4.69) is 10.3 Å². The van der Waals surface area contributed by atoms with E-state index in [1.165, 1.54) is 10.5 Å². The van der Waals surface area contributed by atoms with Gasteiger partial charge in [-0.1, -0.05) is 42.5 Å². The van der Waals surface area contributed by atoms with Crippen molar-refractivity contribution in [2.75, 3.05) is 15.9 Å². The van der Waals surface area contributed by atoms with E-state index in [1.54, 1.807) is 42.6 Å². The molecule has 1 N–H and O–H groups in total. The first-order chi connectivity index (χ1) is 12.9. The fourth-order valence-corrected chi connectivity index (χ4v) is 3.55. The number of pyridine rings is 1. The normalized spacial score (nSPS) is 11.0. The summed E-state index contributed by atoms with van der Waals surface area (Å²) in [6.07, 6.45) is 4.26. The number of hydrogen-bond acceptors (Lipinski definition) is 4. The molecule has 0 unspecified atom stereocenters. The largest absolute Gasteiger partial charge is 0.321 e. The minimum absolute atomic E-state index is 0.136. The number of hydrogen-bond donors (Lipinski definition) is 1. The molecule has 0 aliphatic heterocycles. The van der Waals surface area contributed by atoms with Crippen molar-refractivity contribution in [1.29, 1.82) is 0 Å². The zero-order valence-corrected chi connectivity index (χ0v) is 15.6. The number of nitrogens with one attached hydrogen (secondary N) is 1. The summed E-state index contributed by atoms with van der Waals surface area (Å²) in [6, 6.07) is 19.3. The third kappa shape index (κ3) is 4.71. The number of aromatic nitrogens is 1. The average Bonchev–Trinajstić information content (AvgIpc) is 2.67. The topological polar surface area (TPSA) is 79.4 Å². The fourth-order valence-electron chi connectivity index (χ4n) is 2.65. The molecule has 1 amide bonds. The minimum atomic E-state index is -3.60. The van der Waals surface area contributed by atoms with Crippen LogP contribution >= 0.6 is 0 Å². The Balaban J connectivity index is 1.97. The molecule has 138 valence electrons. The molecule has 3 aromatic rings. The molecule has 27 heavy (non-hydrogen) atoms. The Morgan fingerprint density at radius 2 is 1.70 bits per heavy atom. The quantitative estimate of drug-likeness (QED) is 0.710. The summed E-state index contributed by atoms with van der Waals surface area (Å²) in [7, 11) is -3.60. The molecule has 0 radical (unpaired) electrons. The van der Waals surface area contributed by atoms with Crippen LogP contribution in [0.1, 0.15) is 15.9 Å². The Morgan fingerprint density at radius 3 is 2.37 bits per heavy atom. The predicted octanol–water partition coefficient (Wildman–Crippen LogP) is 3.30. The molecule has 0 bridgehead atoms. The zero-order valence-electron chi connectivity index (χ0n) is 14.7. The van der Waals surface area contributed by atoms with Crippen LogP contribution in [0.5, 0.6) is 0 Å². The van der Waals surface area contributed by atoms with Gasteiger partial charge in [0.15, 0.2) is 0 Å². The molecule has 6 nitrogen and oxygen atoms in total. The number of rotatable bonds is 6. The molecule has 0 saturated carbocycles. The SMILES string of the molecule is CS(=O)(=O)N(Cc1ccccc1)c1ccccc1C(=O)Nc1cccnc1. The van der Waals surface area contributed by atoms with Gasteiger partial charge in [0.05, 0.1) is 35.9 Å². The van der Waals surface area contributed by atoms with E-state index in [0.29, 0.717) is 11.4 Å². The van der Waals surface area contributed by atoms with Crippen molar-refractivity contribution < 1.29 is 13.2 Å². The lowest BCUT2D eigenvalue weighted by atomic mass is 10.1. The van der Waals surface area contributed by atoms with E-state index in [-0.39, 0.29) is 12.1 Å². The summed E-state index contributed by atoms with van der Waals surface area (Å²) in [5.41, 5.74) is 1.95. The average molecular weight is 381 g/mol. The molecule has 2 aromatic carbocycles. The first kappa shape index (κ1) is 18.6. The molecule has 1 heterocycles. The van der Waals surface area contributed by atoms with Gasteiger partial charge in [0, 0.05) is 6.20 Å². The van der Waals surface area contributed by atoms with Gasteiger partial charge in [-0.2, -0.15) is 0 Å². The maximum absolute atomic E-state index is 12.8. The van der Waals surface area contributed by atoms with Gasteiger partial charge in [-0.15, -0.1) is 0 Å². The van der Waals surface area contributed by atoms with Gasteiger partial charge in [-0.05, 0) is 29.8 Å². The van der Waals surface area contributed by atoms with Crippen LogP contribution in [-0.4, -0.2) is 25.6 Å². The molecule has 3 rings (SSSR count). The number of carbonyl (C=O) groups is 1. The second kappa shape index (κ2) is 8.01. The Hall–Kier alpha value is -3.19. The maximum Gasteiger partial charge on any atom is 0.257 e. The van der Waals surface area contributed by atoms with E-state index < -0.39 is 15.9 Å². The highest BCUT2D eigenvalue weighted by molar-refractivity contribution is 7.92. The van der Waals surface area contributed by atoms with E-state index in [4.69, 9.17) is 0 Å². The third-order valence-corrected chi connectivity index (χ3v) is 5.03. The molecular formula is C20H19N3O3S. The Bertz CT molecular complexity index is 1020. The van der Waals surface area contributed by atoms with E-state index in [1.807, 2.05) is 30.3 Å². The van der Waals surface area contributed by atoms with Crippen LogP contribution in [0.3, 0.4) is 0 Å². The first-order valence-electron chi connectivity index (χ1n) is 8.27. The number of sulfonamides is 1. The van der Waals surface area contributed by atoms with Gasteiger partial charge < -0.3 is 5.32 Å². The van der Waals surface area contributed by atoms with Gasteiger partial charge >= 0.3 is 0 Å². The molecule has 0 atom stereocenters. The fraction of sp³-hybridized carbons (Fsp3) is 0.100. The van der Waals surface area contributed by atoms with Gasteiger partial charge in [0.25, 0.3) is 5.91 Å². The van der Waals surface area contributed by atoms with Crippen LogP contribution in [0, 0.1) is 0 Å². The summed E-state index contributed by atoms with van der Waals surface area (Å²) in [5, 5.41) is 2.75. The van der Waals surface area contributed by atoms with Crippen LogP contribution in [-0.2, 0) is 16.6 Å². The highest BCUT2D eigenvalue weighted by Gasteiger charge is 2.23. The van der Waals surface area contributed by atoms with Crippen molar-refractivity contribution in [2.24, 2.45) is 0 Å². The van der Waals surface area contributed by atoms with Crippen molar-refractivity contribution in [3.8, 4) is 0 Å². The summed E-state index contributed by atoms with van der Waals surface area (Å²) in [5.74, 6) is -0.402. The van der Waals surface area contributed by atoms with Crippen molar-refractivity contribution in [3.05, 3.63) is 90.3 Å². The van der Waals surface area contributed by atoms with Gasteiger partial charge in [-0.3, -0.25) is 14.1 Å². The highest BCUT2D eigenvalue weighted by Crippen LogP contribution is 2.26. The van der Waals surface area contributed by atoms with Crippen LogP contribution < -0.4 is 9.62 Å². The number of nitrogens with zero attached hydrogens (tertiary/aromatic N) is 2. The van der Waals surface area contributed by atoms with Gasteiger partial charge in [-0.25, -0.2) is 8.42 Å². The number of benzene rings is 2. The lowest BCUT2D eigenvalue weighted by Gasteiger charge is -2.24. The predicted molar refractivity (Wildman–Crippen MR) is 106 cm³/mol. The van der Waals surface area contributed by atoms with Crippen molar-refractivity contribution >= 4 is 27.3 Å². The number of para-hydroxylation sites is 1. The molecule has 0 aliphatic rings. The number of carbonyl (C=O) groups excluding carboxylic acids is 1. The van der Waals surface area contributed by atoms with Crippen molar-refractivity contribution in [1.82, 2.24) is 4.98 Å². The van der Waals surface area contributed by atoms with Gasteiger partial charge in [0.1, 0.15) is 0 Å². The first-order valence-corrected chi connectivity index (χ1v) is 10.1. The molecule has 0 spiro atoms. The van der Waals surface area contributed by atoms with Crippen LogP contribution in [0.4, 0.5) is 11.4 Å². The van der Waals surface area contributed by atoms with Crippen molar-refractivity contribution in [3.63, 3.8) is 0 Å². The molecule has 7 heteroatoms. The van der Waals surface area contributed by atoms with E-state index >= 15 is 0 Å². The maximum atomic E-state index is 12.8. The molecule has 1 aromatic heterocycles. The molecular weight excluding hydrogens is 362 g/mol. The minimum Gasteiger partial charge on any atom is -0.321 e. The summed E-state index contributed by atoms with van der Waals surface area (Å²) < 4.78 is 26.1. The Labute approximate surface area is 158 Å². The second-order valence-corrected chi connectivity index (χ2v) is 7.88. The standard InChI is InChI=1S/C20H19N3O3S/c1-27(25,26)23(15-16-8-3-2-4-9-16)19-12-6-5-11-18(19)20(24)22-17-10-7-13-21-14-17/h2-14H,15H2,1H3,(H,22,24). The number of amides is 1. The second-order valence-electron chi connectivity index (χ2n) is 5.97. The Morgan fingerprint density at radius 1 is 1.00 bits per heavy atom. The van der Waals surface area contributed by atoms with E-state index in [0.717, 1.165) is 11.8 Å². The van der Waals surface area contributed by atoms with E-state index in [9.17, 15) is 13.2 Å². The van der Waals surface area contributed by atoms with Crippen LogP contribution in [0.15, 0.2) is 79.1 Å². The highest BCUT2D eigenvalue weighted by atomic mass is 32.2. The zero-order chi connectivity index (χ0) is 19.3. The smallest absolute Gasteiger partial charge is 0.257 e. The molecule has 0 saturated heterocycles. The summed E-state index contributed by atoms with van der Waals surface area (Å²) in [6.45, 7) is 0.136. The number of anilines is 2. The lowest BCUT2D eigenvalue weighted by Crippen LogP contribution is -2.31. The van der Waals surface area contributed by atoms with Crippen LogP contribution in [0.25, 0.3) is 0 Å². The van der Waals surface area contributed by atoms with Gasteiger partial charge in [0.2, 0.25) is 10.0 Å². The van der Waals surface area contributed by atoms with Crippen LogP contribution in [0.2, 0.25) is 0 Å². The summed E-state index contributed by atoms with van der Waals surface area (Å²) in [4.78, 5) is 16.7. The summed E-state index contributed by atoms with van der Waals surface area (Å²) >= 11 is 0. The third-order valence-electron chi connectivity index (χ3n) is 3.91. The Kier molecular flexibility index (Phi) is 5.52. The molecule has 0 aliphatic carbocycles. The molecule has 0 fully saturated rings.